The minimum atomic E-state index is -1.78. The molecule has 12 heteroatoms. The van der Waals surface area contributed by atoms with Crippen LogP contribution in [0.3, 0.4) is 0 Å². The lowest BCUT2D eigenvalue weighted by Crippen LogP contribution is -2.64. The summed E-state index contributed by atoms with van der Waals surface area (Å²) < 4.78 is 33.9. The number of benzene rings is 1. The van der Waals surface area contributed by atoms with Crippen LogP contribution in [0.15, 0.2) is 12.1 Å². The Balaban J connectivity index is 1.74. The molecular formula is C29H39NO11. The van der Waals surface area contributed by atoms with Crippen molar-refractivity contribution in [2.45, 2.75) is 96.5 Å². The maximum atomic E-state index is 12.3. The summed E-state index contributed by atoms with van der Waals surface area (Å²) >= 11 is 0. The second-order valence-electron chi connectivity index (χ2n) is 10.8. The molecule has 12 nitrogen and oxygen atoms in total. The lowest BCUT2D eigenvalue weighted by molar-refractivity contribution is -0.282. The van der Waals surface area contributed by atoms with Crippen LogP contribution in [0.5, 0.6) is 11.5 Å². The van der Waals surface area contributed by atoms with Crippen LogP contribution in [-0.2, 0) is 51.0 Å². The molecule has 7 atom stereocenters. The first kappa shape index (κ1) is 30.6. The van der Waals surface area contributed by atoms with Gasteiger partial charge in [0.2, 0.25) is 12.4 Å². The molecule has 1 aromatic carbocycles. The smallest absolute Gasteiger partial charge is 0.337 e. The standard InChI is InChI=1S/C29H39NO11/c1-6-11-30-12-7-8-19-13-20-18(14-21(19)30)9-10-22(36-5)23(20)40-29-27(39-17(4)33)25(38-16(3)32)24(37-15(2)31)26(41-29)28(34)35/h9-10,19,21,24-27,29H,6-8,11-14H2,1-5H3,(H,34,35)/t19-,21-,24+,25+,26+,27-,29-/m1/s1. The number of likely N-dealkylation sites (tertiary alicyclic amines) is 1. The highest BCUT2D eigenvalue weighted by Crippen LogP contribution is 2.44. The number of hydrogen-bond donors (Lipinski definition) is 1. The molecule has 4 rings (SSSR count). The molecule has 226 valence electrons. The van der Waals surface area contributed by atoms with E-state index < -0.39 is 54.6 Å². The maximum absolute atomic E-state index is 12.3. The van der Waals surface area contributed by atoms with Crippen LogP contribution < -0.4 is 9.47 Å². The summed E-state index contributed by atoms with van der Waals surface area (Å²) in [4.78, 5) is 50.9. The van der Waals surface area contributed by atoms with Gasteiger partial charge in [-0.05, 0) is 62.7 Å². The summed E-state index contributed by atoms with van der Waals surface area (Å²) in [5.74, 6) is -2.75. The van der Waals surface area contributed by atoms with Crippen LogP contribution >= 0.6 is 0 Å². The molecule has 1 aliphatic carbocycles. The van der Waals surface area contributed by atoms with Crippen molar-refractivity contribution < 1.29 is 52.7 Å². The number of carbonyl (C=O) groups excluding carboxylic acids is 3. The Bertz CT molecular complexity index is 1150. The van der Waals surface area contributed by atoms with Crippen LogP contribution in [0, 0.1) is 5.92 Å². The lowest BCUT2D eigenvalue weighted by Gasteiger charge is -2.45. The molecular weight excluding hydrogens is 538 g/mol. The highest BCUT2D eigenvalue weighted by atomic mass is 16.7. The highest BCUT2D eigenvalue weighted by Gasteiger charge is 2.56. The van der Waals surface area contributed by atoms with Gasteiger partial charge >= 0.3 is 23.9 Å². The van der Waals surface area contributed by atoms with Gasteiger partial charge in [0.25, 0.3) is 0 Å². The average Bonchev–Trinajstić information content (AvgIpc) is 2.90. The van der Waals surface area contributed by atoms with E-state index in [1.807, 2.05) is 6.07 Å². The quantitative estimate of drug-likeness (QED) is 0.339. The van der Waals surface area contributed by atoms with Gasteiger partial charge in [0, 0.05) is 32.4 Å². The fraction of sp³-hybridized carbons (Fsp3) is 0.655. The predicted octanol–water partition coefficient (Wildman–Crippen LogP) is 2.27. The van der Waals surface area contributed by atoms with E-state index in [0.29, 0.717) is 29.9 Å². The van der Waals surface area contributed by atoms with Crippen molar-refractivity contribution >= 4 is 23.9 Å². The van der Waals surface area contributed by atoms with Crippen LogP contribution in [0.1, 0.15) is 58.1 Å². The van der Waals surface area contributed by atoms with E-state index >= 15 is 0 Å². The molecule has 0 radical (unpaired) electrons. The summed E-state index contributed by atoms with van der Waals surface area (Å²) in [6.45, 7) is 7.61. The lowest BCUT2D eigenvalue weighted by atomic mass is 9.75. The number of esters is 3. The van der Waals surface area contributed by atoms with Crippen LogP contribution in [0.2, 0.25) is 0 Å². The number of methoxy groups -OCH3 is 1. The van der Waals surface area contributed by atoms with Crippen molar-refractivity contribution in [3.8, 4) is 11.5 Å². The number of ether oxygens (including phenoxy) is 6. The van der Waals surface area contributed by atoms with Crippen molar-refractivity contribution in [2.24, 2.45) is 5.92 Å². The molecule has 2 heterocycles. The number of rotatable bonds is 9. The van der Waals surface area contributed by atoms with E-state index in [1.54, 1.807) is 6.07 Å². The van der Waals surface area contributed by atoms with E-state index in [0.717, 1.165) is 70.7 Å². The summed E-state index contributed by atoms with van der Waals surface area (Å²) in [6, 6.07) is 4.21. The first-order valence-electron chi connectivity index (χ1n) is 14.0. The highest BCUT2D eigenvalue weighted by molar-refractivity contribution is 5.75. The Morgan fingerprint density at radius 1 is 0.976 bits per heavy atom. The summed E-state index contributed by atoms with van der Waals surface area (Å²) in [6.07, 6.45) is -3.11. The van der Waals surface area contributed by atoms with E-state index in [1.165, 1.54) is 7.11 Å². The minimum absolute atomic E-state index is 0.342. The summed E-state index contributed by atoms with van der Waals surface area (Å²) in [5, 5.41) is 9.97. The zero-order valence-electron chi connectivity index (χ0n) is 24.1. The van der Waals surface area contributed by atoms with Gasteiger partial charge in [-0.3, -0.25) is 19.3 Å². The fourth-order valence-electron chi connectivity index (χ4n) is 6.33. The van der Waals surface area contributed by atoms with Crippen molar-refractivity contribution in [1.82, 2.24) is 4.90 Å². The summed E-state index contributed by atoms with van der Waals surface area (Å²) in [7, 11) is 1.49. The Morgan fingerprint density at radius 3 is 2.24 bits per heavy atom. The van der Waals surface area contributed by atoms with E-state index in [9.17, 15) is 24.3 Å². The van der Waals surface area contributed by atoms with E-state index in [2.05, 4.69) is 11.8 Å². The zero-order chi connectivity index (χ0) is 29.8. The van der Waals surface area contributed by atoms with Gasteiger partial charge in [0.1, 0.15) is 0 Å². The number of fused-ring (bicyclic) bond motifs is 2. The normalized spacial score (nSPS) is 29.3. The first-order valence-corrected chi connectivity index (χ1v) is 14.0. The molecule has 0 unspecified atom stereocenters. The van der Waals surface area contributed by atoms with Gasteiger partial charge in [0.05, 0.1) is 7.11 Å². The molecule has 3 aliphatic rings. The summed E-state index contributed by atoms with van der Waals surface area (Å²) in [5.41, 5.74) is 1.99. The zero-order valence-corrected chi connectivity index (χ0v) is 24.1. The molecule has 0 spiro atoms. The predicted molar refractivity (Wildman–Crippen MR) is 142 cm³/mol. The van der Waals surface area contributed by atoms with Crippen molar-refractivity contribution in [3.63, 3.8) is 0 Å². The third-order valence-corrected chi connectivity index (χ3v) is 7.86. The third kappa shape index (κ3) is 6.75. The molecule has 0 amide bonds. The molecule has 2 aliphatic heterocycles. The second kappa shape index (κ2) is 13.1. The number of aliphatic carboxylic acids is 1. The molecule has 1 N–H and O–H groups in total. The number of carboxylic acid groups (broad SMARTS) is 1. The Labute approximate surface area is 239 Å². The number of piperidine rings is 1. The van der Waals surface area contributed by atoms with Gasteiger partial charge < -0.3 is 33.5 Å². The monoisotopic (exact) mass is 577 g/mol. The number of carboxylic acids is 1. The number of carbonyl (C=O) groups is 4. The fourth-order valence-corrected chi connectivity index (χ4v) is 6.33. The molecule has 2 saturated heterocycles. The first-order chi connectivity index (χ1) is 19.5. The van der Waals surface area contributed by atoms with Crippen molar-refractivity contribution in [3.05, 3.63) is 23.3 Å². The topological polar surface area (TPSA) is 147 Å². The molecule has 41 heavy (non-hydrogen) atoms. The van der Waals surface area contributed by atoms with Crippen molar-refractivity contribution in [1.29, 1.82) is 0 Å². The van der Waals surface area contributed by atoms with Gasteiger partial charge in [-0.15, -0.1) is 0 Å². The van der Waals surface area contributed by atoms with Crippen LogP contribution in [0.4, 0.5) is 0 Å². The molecule has 0 bridgehead atoms. The molecule has 1 aromatic rings. The van der Waals surface area contributed by atoms with E-state index in [4.69, 9.17) is 28.4 Å². The Kier molecular flexibility index (Phi) is 9.75. The molecule has 2 fully saturated rings. The Hall–Kier alpha value is -3.38. The van der Waals surface area contributed by atoms with Gasteiger partial charge in [-0.25, -0.2) is 4.79 Å². The maximum Gasteiger partial charge on any atom is 0.337 e. The molecule has 0 aromatic heterocycles. The second-order valence-corrected chi connectivity index (χ2v) is 10.8. The third-order valence-electron chi connectivity index (χ3n) is 7.86. The SMILES string of the molecule is CCCN1CCC[C@@H]2Cc3c(ccc(OC)c3O[C@@H]3O[C@H](C(=O)O)[C@@H](OC(C)=O)[C@H](OC(C)=O)[C@H]3OC(C)=O)C[C@H]21. The van der Waals surface area contributed by atoms with Gasteiger partial charge in [-0.2, -0.15) is 0 Å². The number of nitrogens with zero attached hydrogens (tertiary/aromatic N) is 1. The minimum Gasteiger partial charge on any atom is -0.493 e. The van der Waals surface area contributed by atoms with Gasteiger partial charge in [0.15, 0.2) is 29.8 Å². The van der Waals surface area contributed by atoms with Gasteiger partial charge in [-0.1, -0.05) is 13.0 Å². The van der Waals surface area contributed by atoms with E-state index in [-0.39, 0.29) is 0 Å². The largest absolute Gasteiger partial charge is 0.493 e. The Morgan fingerprint density at radius 2 is 1.63 bits per heavy atom. The van der Waals surface area contributed by atoms with Crippen LogP contribution in [0.25, 0.3) is 0 Å². The van der Waals surface area contributed by atoms with Crippen LogP contribution in [-0.4, -0.2) is 90.8 Å². The number of hydrogen-bond acceptors (Lipinski definition) is 11. The van der Waals surface area contributed by atoms with Crippen molar-refractivity contribution in [2.75, 3.05) is 20.2 Å². The average molecular weight is 578 g/mol. The molecule has 0 saturated carbocycles.